The van der Waals surface area contributed by atoms with Gasteiger partial charge in [0.05, 0.1) is 0 Å². The number of amides is 1. The second-order valence-electron chi connectivity index (χ2n) is 4.46. The van der Waals surface area contributed by atoms with E-state index in [2.05, 4.69) is 15.9 Å². The van der Waals surface area contributed by atoms with Crippen molar-refractivity contribution in [2.75, 3.05) is 18.8 Å². The lowest BCUT2D eigenvalue weighted by Gasteiger charge is -2.27. The van der Waals surface area contributed by atoms with Crippen molar-refractivity contribution in [3.8, 4) is 0 Å². The van der Waals surface area contributed by atoms with E-state index in [1.54, 1.807) is 23.1 Å². The van der Waals surface area contributed by atoms with Crippen LogP contribution < -0.4 is 5.73 Å². The third-order valence-electron chi connectivity index (χ3n) is 3.14. The van der Waals surface area contributed by atoms with Crippen LogP contribution in [0.25, 0.3) is 0 Å². The van der Waals surface area contributed by atoms with Crippen molar-refractivity contribution in [2.45, 2.75) is 33.1 Å². The van der Waals surface area contributed by atoms with Gasteiger partial charge in [-0.3, -0.25) is 10.2 Å². The van der Waals surface area contributed by atoms with E-state index in [0.29, 0.717) is 11.3 Å². The SMILES string of the molecule is CC.N=C(C(=O)N1CCCCC1)c1ccc(Br)cc1N. The largest absolute Gasteiger partial charge is 0.398 e. The van der Waals surface area contributed by atoms with E-state index in [4.69, 9.17) is 11.1 Å². The molecule has 0 spiro atoms. The fourth-order valence-electron chi connectivity index (χ4n) is 2.13. The average Bonchev–Trinajstić information content (AvgIpc) is 2.49. The number of nitrogens with one attached hydrogen (secondary N) is 1. The number of likely N-dealkylation sites (tertiary alicyclic amines) is 1. The summed E-state index contributed by atoms with van der Waals surface area (Å²) in [6.45, 7) is 5.50. The summed E-state index contributed by atoms with van der Waals surface area (Å²) >= 11 is 3.31. The van der Waals surface area contributed by atoms with Gasteiger partial charge in [0.15, 0.2) is 0 Å². The number of benzene rings is 1. The molecule has 0 unspecified atom stereocenters. The number of hydrogen-bond acceptors (Lipinski definition) is 3. The van der Waals surface area contributed by atoms with Gasteiger partial charge >= 0.3 is 0 Å². The summed E-state index contributed by atoms with van der Waals surface area (Å²) in [6.07, 6.45) is 3.21. The molecular weight excluding hydrogens is 318 g/mol. The molecule has 1 aliphatic heterocycles. The van der Waals surface area contributed by atoms with Crippen molar-refractivity contribution in [1.82, 2.24) is 4.90 Å². The van der Waals surface area contributed by atoms with Gasteiger partial charge in [0.25, 0.3) is 5.91 Å². The van der Waals surface area contributed by atoms with Gasteiger partial charge in [-0.2, -0.15) is 0 Å². The summed E-state index contributed by atoms with van der Waals surface area (Å²) in [7, 11) is 0. The molecule has 4 nitrogen and oxygen atoms in total. The molecule has 0 atom stereocenters. The molecule has 1 saturated heterocycles. The first-order valence-corrected chi connectivity index (χ1v) is 7.82. The molecule has 0 bridgehead atoms. The maximum Gasteiger partial charge on any atom is 0.272 e. The molecule has 1 fully saturated rings. The van der Waals surface area contributed by atoms with Gasteiger partial charge in [-0.1, -0.05) is 29.8 Å². The number of nitrogens with zero attached hydrogens (tertiary/aromatic N) is 1. The molecule has 2 rings (SSSR count). The van der Waals surface area contributed by atoms with E-state index in [1.807, 2.05) is 13.8 Å². The minimum atomic E-state index is -0.219. The van der Waals surface area contributed by atoms with Crippen LogP contribution in [0.3, 0.4) is 0 Å². The van der Waals surface area contributed by atoms with Crippen LogP contribution in [0.2, 0.25) is 0 Å². The molecule has 0 saturated carbocycles. The first-order chi connectivity index (χ1) is 9.59. The van der Waals surface area contributed by atoms with Gasteiger partial charge in [-0.05, 0) is 37.5 Å². The van der Waals surface area contributed by atoms with E-state index in [1.165, 1.54) is 0 Å². The van der Waals surface area contributed by atoms with Crippen molar-refractivity contribution >= 4 is 33.2 Å². The van der Waals surface area contributed by atoms with Crippen molar-refractivity contribution < 1.29 is 4.79 Å². The first-order valence-electron chi connectivity index (χ1n) is 7.03. The van der Waals surface area contributed by atoms with E-state index >= 15 is 0 Å². The number of rotatable bonds is 2. The lowest BCUT2D eigenvalue weighted by Crippen LogP contribution is -2.40. The van der Waals surface area contributed by atoms with E-state index in [-0.39, 0.29) is 11.6 Å². The molecule has 5 heteroatoms. The summed E-state index contributed by atoms with van der Waals surface area (Å²) in [6, 6.07) is 5.22. The Kier molecular flexibility index (Phi) is 6.71. The van der Waals surface area contributed by atoms with Crippen LogP contribution in [0, 0.1) is 5.41 Å². The van der Waals surface area contributed by atoms with Crippen LogP contribution in [-0.4, -0.2) is 29.6 Å². The highest BCUT2D eigenvalue weighted by molar-refractivity contribution is 9.10. The Labute approximate surface area is 129 Å². The van der Waals surface area contributed by atoms with Crippen molar-refractivity contribution in [3.05, 3.63) is 28.2 Å². The maximum absolute atomic E-state index is 12.2. The number of halogens is 1. The molecule has 1 aromatic carbocycles. The topological polar surface area (TPSA) is 70.2 Å². The van der Waals surface area contributed by atoms with Crippen molar-refractivity contribution in [1.29, 1.82) is 5.41 Å². The van der Waals surface area contributed by atoms with E-state index < -0.39 is 0 Å². The quantitative estimate of drug-likeness (QED) is 0.640. The van der Waals surface area contributed by atoms with Crippen molar-refractivity contribution in [2.24, 2.45) is 0 Å². The molecule has 1 aliphatic rings. The molecular formula is C15H22BrN3O. The molecule has 0 aliphatic carbocycles. The highest BCUT2D eigenvalue weighted by Gasteiger charge is 2.22. The zero-order valence-electron chi connectivity index (χ0n) is 12.1. The number of carbonyl (C=O) groups is 1. The fourth-order valence-corrected chi connectivity index (χ4v) is 2.51. The third kappa shape index (κ3) is 4.07. The number of hydrogen-bond donors (Lipinski definition) is 2. The van der Waals surface area contributed by atoms with Crippen molar-refractivity contribution in [3.63, 3.8) is 0 Å². The zero-order chi connectivity index (χ0) is 15.1. The molecule has 1 amide bonds. The summed E-state index contributed by atoms with van der Waals surface area (Å²) in [5.74, 6) is -0.219. The van der Waals surface area contributed by atoms with E-state index in [9.17, 15) is 4.79 Å². The zero-order valence-corrected chi connectivity index (χ0v) is 13.7. The molecule has 110 valence electrons. The van der Waals surface area contributed by atoms with Crippen LogP contribution >= 0.6 is 15.9 Å². The minimum absolute atomic E-state index is 0.0121. The Morgan fingerprint density at radius 3 is 2.40 bits per heavy atom. The second kappa shape index (κ2) is 8.04. The predicted octanol–water partition coefficient (Wildman–Crippen LogP) is 3.44. The molecule has 20 heavy (non-hydrogen) atoms. The molecule has 0 radical (unpaired) electrons. The van der Waals surface area contributed by atoms with Gasteiger partial charge < -0.3 is 10.6 Å². The van der Waals surface area contributed by atoms with Gasteiger partial charge in [0.1, 0.15) is 5.71 Å². The van der Waals surface area contributed by atoms with Crippen LogP contribution in [0.4, 0.5) is 5.69 Å². The van der Waals surface area contributed by atoms with Gasteiger partial charge in [-0.25, -0.2) is 0 Å². The van der Waals surface area contributed by atoms with E-state index in [0.717, 1.165) is 36.8 Å². The molecule has 3 N–H and O–H groups in total. The summed E-state index contributed by atoms with van der Waals surface area (Å²) in [4.78, 5) is 13.9. The molecule has 1 aromatic rings. The third-order valence-corrected chi connectivity index (χ3v) is 3.63. The highest BCUT2D eigenvalue weighted by atomic mass is 79.9. The Morgan fingerprint density at radius 2 is 1.85 bits per heavy atom. The summed E-state index contributed by atoms with van der Waals surface area (Å²) in [5, 5.41) is 8.00. The molecule has 1 heterocycles. The first kappa shape index (κ1) is 16.7. The normalized spacial score (nSPS) is 14.2. The fraction of sp³-hybridized carbons (Fsp3) is 0.467. The Morgan fingerprint density at radius 1 is 1.25 bits per heavy atom. The number of piperidine rings is 1. The lowest BCUT2D eigenvalue weighted by atomic mass is 10.1. The van der Waals surface area contributed by atoms with Crippen LogP contribution in [-0.2, 0) is 4.79 Å². The minimum Gasteiger partial charge on any atom is -0.398 e. The lowest BCUT2D eigenvalue weighted by molar-refractivity contribution is -0.124. The number of nitrogen functional groups attached to an aromatic ring is 1. The summed E-state index contributed by atoms with van der Waals surface area (Å²) < 4.78 is 0.849. The molecule has 0 aromatic heterocycles. The smallest absolute Gasteiger partial charge is 0.272 e. The maximum atomic E-state index is 12.2. The second-order valence-corrected chi connectivity index (χ2v) is 5.38. The van der Waals surface area contributed by atoms with Gasteiger partial charge in [0, 0.05) is 28.8 Å². The Hall–Kier alpha value is -1.36. The van der Waals surface area contributed by atoms with Gasteiger partial charge in [0.2, 0.25) is 0 Å². The number of carbonyl (C=O) groups excluding carboxylic acids is 1. The van der Waals surface area contributed by atoms with Crippen LogP contribution in [0.1, 0.15) is 38.7 Å². The van der Waals surface area contributed by atoms with Gasteiger partial charge in [-0.15, -0.1) is 0 Å². The number of anilines is 1. The Balaban J connectivity index is 0.000000956. The van der Waals surface area contributed by atoms with Crippen LogP contribution in [0.15, 0.2) is 22.7 Å². The monoisotopic (exact) mass is 339 g/mol. The Bertz CT molecular complexity index is 482. The average molecular weight is 340 g/mol. The van der Waals surface area contributed by atoms with Crippen LogP contribution in [0.5, 0.6) is 0 Å². The summed E-state index contributed by atoms with van der Waals surface area (Å²) in [5.41, 5.74) is 6.80. The number of nitrogens with two attached hydrogens (primary N) is 1. The predicted molar refractivity (Wildman–Crippen MR) is 87.2 cm³/mol. The standard InChI is InChI=1S/C13H16BrN3O.C2H6/c14-9-4-5-10(11(15)8-9)12(16)13(18)17-6-2-1-3-7-17;1-2/h4-5,8,16H,1-3,6-7,15H2;1-2H3. The highest BCUT2D eigenvalue weighted by Crippen LogP contribution is 2.20.